The van der Waals surface area contributed by atoms with Gasteiger partial charge in [0.05, 0.1) is 32.7 Å². The summed E-state index contributed by atoms with van der Waals surface area (Å²) in [5.74, 6) is 0.956. The molecule has 0 saturated carbocycles. The number of rotatable bonds is 10. The Balaban J connectivity index is 1.72. The van der Waals surface area contributed by atoms with Crippen LogP contribution in [0.4, 0.5) is 5.69 Å². The van der Waals surface area contributed by atoms with Gasteiger partial charge < -0.3 is 14.8 Å². The first-order valence-electron chi connectivity index (χ1n) is 10.8. The lowest BCUT2D eigenvalue weighted by atomic mass is 10.0. The Hall–Kier alpha value is -3.52. The van der Waals surface area contributed by atoms with Gasteiger partial charge in [-0.1, -0.05) is 49.4 Å². The third-order valence-corrected chi connectivity index (χ3v) is 6.66. The van der Waals surface area contributed by atoms with E-state index >= 15 is 0 Å². The Morgan fingerprint density at radius 3 is 2.24 bits per heavy atom. The maximum Gasteiger partial charge on any atom is 0.251 e. The second-order valence-electron chi connectivity index (χ2n) is 8.03. The molecule has 0 bridgehead atoms. The average Bonchev–Trinajstić information content (AvgIpc) is 2.85. The van der Waals surface area contributed by atoms with E-state index < -0.39 is 10.0 Å². The van der Waals surface area contributed by atoms with E-state index in [-0.39, 0.29) is 18.4 Å². The summed E-state index contributed by atoms with van der Waals surface area (Å²) in [6.45, 7) is 2.67. The molecule has 0 aliphatic carbocycles. The molecule has 180 valence electrons. The lowest BCUT2D eigenvalue weighted by molar-refractivity contribution is 0.0951. The Morgan fingerprint density at radius 2 is 1.65 bits per heavy atom. The first kappa shape index (κ1) is 25.1. The highest BCUT2D eigenvalue weighted by molar-refractivity contribution is 7.92. The monoisotopic (exact) mass is 482 g/mol. The lowest BCUT2D eigenvalue weighted by Crippen LogP contribution is -2.30. The maximum absolute atomic E-state index is 12.6. The first-order chi connectivity index (χ1) is 16.2. The van der Waals surface area contributed by atoms with Gasteiger partial charge in [-0.2, -0.15) is 0 Å². The Labute approximate surface area is 201 Å². The molecule has 1 N–H and O–H groups in total. The Kier molecular flexibility index (Phi) is 8.17. The molecule has 3 aromatic rings. The van der Waals surface area contributed by atoms with E-state index in [0.717, 1.165) is 17.4 Å². The molecule has 1 amide bonds. The SMILES string of the molecule is COc1ccc(N(Cc2ccc(C(=O)NCC(C)c3ccccc3)cc2)S(C)(=O)=O)c(OC)c1. The Morgan fingerprint density at radius 1 is 0.971 bits per heavy atom. The highest BCUT2D eigenvalue weighted by Gasteiger charge is 2.22. The quantitative estimate of drug-likeness (QED) is 0.468. The number of sulfonamides is 1. The molecule has 34 heavy (non-hydrogen) atoms. The summed E-state index contributed by atoms with van der Waals surface area (Å²) in [6, 6.07) is 21.9. The van der Waals surface area contributed by atoms with Gasteiger partial charge in [0.2, 0.25) is 10.0 Å². The van der Waals surface area contributed by atoms with Crippen LogP contribution in [0.3, 0.4) is 0 Å². The molecule has 3 rings (SSSR count). The number of hydrogen-bond acceptors (Lipinski definition) is 5. The minimum absolute atomic E-state index is 0.0917. The molecule has 0 spiro atoms. The molecule has 8 heteroatoms. The van der Waals surface area contributed by atoms with Crippen LogP contribution in [-0.2, 0) is 16.6 Å². The molecular formula is C26H30N2O5S. The third-order valence-electron chi connectivity index (χ3n) is 5.54. The first-order valence-corrected chi connectivity index (χ1v) is 12.7. The van der Waals surface area contributed by atoms with Crippen LogP contribution in [0.1, 0.15) is 34.3 Å². The van der Waals surface area contributed by atoms with E-state index in [1.165, 1.54) is 18.5 Å². The fourth-order valence-electron chi connectivity index (χ4n) is 3.55. The van der Waals surface area contributed by atoms with E-state index in [0.29, 0.717) is 29.3 Å². The highest BCUT2D eigenvalue weighted by atomic mass is 32.2. The number of methoxy groups -OCH3 is 2. The van der Waals surface area contributed by atoms with Crippen LogP contribution in [-0.4, -0.2) is 41.3 Å². The normalized spacial score (nSPS) is 12.0. The van der Waals surface area contributed by atoms with Crippen LogP contribution in [0.15, 0.2) is 72.8 Å². The average molecular weight is 483 g/mol. The fraction of sp³-hybridized carbons (Fsp3) is 0.269. The van der Waals surface area contributed by atoms with Crippen LogP contribution in [0.2, 0.25) is 0 Å². The lowest BCUT2D eigenvalue weighted by Gasteiger charge is -2.24. The number of hydrogen-bond donors (Lipinski definition) is 1. The molecule has 1 unspecified atom stereocenters. The number of anilines is 1. The summed E-state index contributed by atoms with van der Waals surface area (Å²) in [4.78, 5) is 12.6. The van der Waals surface area contributed by atoms with Crippen LogP contribution < -0.4 is 19.1 Å². The molecule has 0 radical (unpaired) electrons. The molecule has 0 aromatic heterocycles. The smallest absolute Gasteiger partial charge is 0.251 e. The van der Waals surface area contributed by atoms with Crippen molar-refractivity contribution in [3.8, 4) is 11.5 Å². The molecule has 0 fully saturated rings. The van der Waals surface area contributed by atoms with Crippen molar-refractivity contribution in [2.24, 2.45) is 0 Å². The summed E-state index contributed by atoms with van der Waals surface area (Å²) in [5, 5.41) is 2.96. The summed E-state index contributed by atoms with van der Waals surface area (Å²) >= 11 is 0. The number of nitrogens with zero attached hydrogens (tertiary/aromatic N) is 1. The van der Waals surface area contributed by atoms with Gasteiger partial charge in [-0.3, -0.25) is 9.10 Å². The molecule has 0 saturated heterocycles. The van der Waals surface area contributed by atoms with Crippen molar-refractivity contribution in [3.05, 3.63) is 89.5 Å². The zero-order valence-corrected chi connectivity index (χ0v) is 20.6. The number of nitrogens with one attached hydrogen (secondary N) is 1. The summed E-state index contributed by atoms with van der Waals surface area (Å²) in [5.41, 5.74) is 2.81. The van der Waals surface area contributed by atoms with Gasteiger partial charge in [-0.25, -0.2) is 8.42 Å². The van der Waals surface area contributed by atoms with E-state index in [2.05, 4.69) is 12.2 Å². The van der Waals surface area contributed by atoms with Gasteiger partial charge in [-0.15, -0.1) is 0 Å². The van der Waals surface area contributed by atoms with Crippen LogP contribution in [0.5, 0.6) is 11.5 Å². The van der Waals surface area contributed by atoms with Crippen molar-refractivity contribution < 1.29 is 22.7 Å². The zero-order chi connectivity index (χ0) is 24.7. The topological polar surface area (TPSA) is 84.9 Å². The van der Waals surface area contributed by atoms with Gasteiger partial charge in [0, 0.05) is 18.2 Å². The number of benzene rings is 3. The number of carbonyl (C=O) groups is 1. The minimum atomic E-state index is -3.61. The molecule has 0 aliphatic rings. The van der Waals surface area contributed by atoms with Crippen molar-refractivity contribution >= 4 is 21.6 Å². The predicted octanol–water partition coefficient (Wildman–Crippen LogP) is 4.20. The van der Waals surface area contributed by atoms with Crippen molar-refractivity contribution in [1.29, 1.82) is 0 Å². The predicted molar refractivity (Wildman–Crippen MR) is 134 cm³/mol. The van der Waals surface area contributed by atoms with Gasteiger partial charge in [0.25, 0.3) is 5.91 Å². The second-order valence-corrected chi connectivity index (χ2v) is 9.93. The fourth-order valence-corrected chi connectivity index (χ4v) is 4.44. The van der Waals surface area contributed by atoms with Crippen molar-refractivity contribution in [2.75, 3.05) is 31.3 Å². The summed E-state index contributed by atoms with van der Waals surface area (Å²) < 4.78 is 37.0. The van der Waals surface area contributed by atoms with E-state index in [1.54, 1.807) is 42.5 Å². The summed E-state index contributed by atoms with van der Waals surface area (Å²) in [7, 11) is -0.599. The van der Waals surface area contributed by atoms with Crippen LogP contribution >= 0.6 is 0 Å². The molecular weight excluding hydrogens is 452 g/mol. The van der Waals surface area contributed by atoms with Gasteiger partial charge in [0.15, 0.2) is 0 Å². The zero-order valence-electron chi connectivity index (χ0n) is 19.8. The molecule has 1 atom stereocenters. The van der Waals surface area contributed by atoms with Crippen molar-refractivity contribution in [1.82, 2.24) is 5.32 Å². The van der Waals surface area contributed by atoms with Crippen LogP contribution in [0, 0.1) is 0 Å². The van der Waals surface area contributed by atoms with Crippen molar-refractivity contribution in [3.63, 3.8) is 0 Å². The standard InChI is InChI=1S/C26H30N2O5S/c1-19(21-8-6-5-7-9-21)17-27-26(29)22-12-10-20(11-13-22)18-28(34(4,30)31)24-15-14-23(32-2)16-25(24)33-3/h5-16,19H,17-18H2,1-4H3,(H,27,29). The molecule has 0 heterocycles. The summed E-state index contributed by atoms with van der Waals surface area (Å²) in [6.07, 6.45) is 1.15. The number of amides is 1. The maximum atomic E-state index is 12.6. The number of carbonyl (C=O) groups excluding carboxylic acids is 1. The molecule has 7 nitrogen and oxygen atoms in total. The van der Waals surface area contributed by atoms with Gasteiger partial charge in [0.1, 0.15) is 11.5 Å². The third kappa shape index (κ3) is 6.29. The molecule has 3 aromatic carbocycles. The van der Waals surface area contributed by atoms with Gasteiger partial charge in [-0.05, 0) is 41.3 Å². The largest absolute Gasteiger partial charge is 0.497 e. The highest BCUT2D eigenvalue weighted by Crippen LogP contribution is 2.34. The number of ether oxygens (including phenoxy) is 2. The molecule has 0 aliphatic heterocycles. The van der Waals surface area contributed by atoms with E-state index in [9.17, 15) is 13.2 Å². The second kappa shape index (κ2) is 11.1. The Bertz CT molecular complexity index is 1210. The van der Waals surface area contributed by atoms with Crippen molar-refractivity contribution in [2.45, 2.75) is 19.4 Å². The van der Waals surface area contributed by atoms with Gasteiger partial charge >= 0.3 is 0 Å². The minimum Gasteiger partial charge on any atom is -0.497 e. The van der Waals surface area contributed by atoms with E-state index in [4.69, 9.17) is 9.47 Å². The van der Waals surface area contributed by atoms with Crippen LogP contribution in [0.25, 0.3) is 0 Å². The van der Waals surface area contributed by atoms with E-state index in [1.807, 2.05) is 30.3 Å².